The van der Waals surface area contributed by atoms with Crippen molar-refractivity contribution in [2.24, 2.45) is 4.99 Å². The minimum absolute atomic E-state index is 0.489. The van der Waals surface area contributed by atoms with Crippen LogP contribution >= 0.6 is 22.6 Å². The molecule has 0 saturated heterocycles. The lowest BCUT2D eigenvalue weighted by Gasteiger charge is -2.00. The van der Waals surface area contributed by atoms with E-state index in [2.05, 4.69) is 33.7 Å². The molecule has 1 aliphatic rings. The summed E-state index contributed by atoms with van der Waals surface area (Å²) in [7, 11) is 0. The number of hydrogen-bond acceptors (Lipinski definition) is 1. The second-order valence-corrected chi connectivity index (χ2v) is 2.83. The van der Waals surface area contributed by atoms with Crippen LogP contribution in [0.5, 0.6) is 0 Å². The van der Waals surface area contributed by atoms with Crippen molar-refractivity contribution in [3.8, 4) is 0 Å². The molecule has 0 N–H and O–H groups in total. The predicted molar refractivity (Wildman–Crippen MR) is 40.1 cm³/mol. The lowest BCUT2D eigenvalue weighted by atomic mass is 10.3. The fraction of sp³-hybridized carbons (Fsp3) is 0.400. The third-order valence-corrected chi connectivity index (χ3v) is 1.63. The molecule has 0 fully saturated rings. The van der Waals surface area contributed by atoms with Crippen molar-refractivity contribution < 1.29 is 0 Å². The van der Waals surface area contributed by atoms with Gasteiger partial charge in [-0.2, -0.15) is 0 Å². The highest BCUT2D eigenvalue weighted by atomic mass is 127. The first kappa shape index (κ1) is 5.28. The van der Waals surface area contributed by atoms with Crippen molar-refractivity contribution in [3.05, 3.63) is 12.2 Å². The van der Waals surface area contributed by atoms with Crippen molar-refractivity contribution in [1.29, 1.82) is 0 Å². The monoisotopic (exact) mass is 207 g/mol. The second kappa shape index (κ2) is 2.45. The van der Waals surface area contributed by atoms with Crippen LogP contribution < -0.4 is 0 Å². The van der Waals surface area contributed by atoms with Gasteiger partial charge in [-0.25, -0.2) is 0 Å². The quantitative estimate of drug-likeness (QED) is 0.326. The minimum Gasteiger partial charge on any atom is -0.279 e. The number of rotatable bonds is 0. The number of hydrogen-bond donors (Lipinski definition) is 0. The van der Waals surface area contributed by atoms with Crippen molar-refractivity contribution in [1.82, 2.24) is 0 Å². The summed E-state index contributed by atoms with van der Waals surface area (Å²) in [6, 6.07) is 0. The van der Waals surface area contributed by atoms with Gasteiger partial charge in [0, 0.05) is 6.21 Å². The second-order valence-electron chi connectivity index (χ2n) is 1.40. The van der Waals surface area contributed by atoms with Crippen LogP contribution in [0.1, 0.15) is 6.42 Å². The Labute approximate surface area is 56.7 Å². The molecule has 0 aliphatic carbocycles. The van der Waals surface area contributed by atoms with E-state index < -0.39 is 0 Å². The maximum atomic E-state index is 4.10. The van der Waals surface area contributed by atoms with E-state index in [0.29, 0.717) is 4.05 Å². The standard InChI is InChI=1S/C5H6IN/c6-5-3-1-2-4-7-5/h1-2,4-5H,3H2/t5-/m1/s1. The molecule has 0 aromatic rings. The van der Waals surface area contributed by atoms with E-state index in [1.54, 1.807) is 0 Å². The van der Waals surface area contributed by atoms with Gasteiger partial charge >= 0.3 is 0 Å². The lowest BCUT2D eigenvalue weighted by molar-refractivity contribution is 0.966. The summed E-state index contributed by atoms with van der Waals surface area (Å²) in [6.45, 7) is 0. The van der Waals surface area contributed by atoms with E-state index in [1.807, 2.05) is 12.3 Å². The van der Waals surface area contributed by atoms with Crippen LogP contribution in [-0.4, -0.2) is 10.3 Å². The molecule has 7 heavy (non-hydrogen) atoms. The van der Waals surface area contributed by atoms with Crippen molar-refractivity contribution in [2.75, 3.05) is 0 Å². The summed E-state index contributed by atoms with van der Waals surface area (Å²) < 4.78 is 0.489. The molecular formula is C5H6IN. The van der Waals surface area contributed by atoms with Gasteiger partial charge in [-0.05, 0) is 12.5 Å². The molecular weight excluding hydrogens is 201 g/mol. The molecule has 0 spiro atoms. The average molecular weight is 207 g/mol. The van der Waals surface area contributed by atoms with Crippen LogP contribution in [-0.2, 0) is 0 Å². The first-order chi connectivity index (χ1) is 3.39. The molecule has 0 amide bonds. The molecule has 0 radical (unpaired) electrons. The Bertz CT molecular complexity index is 107. The summed E-state index contributed by atoms with van der Waals surface area (Å²) >= 11 is 2.31. The smallest absolute Gasteiger partial charge is 0.104 e. The Kier molecular flexibility index (Phi) is 1.85. The zero-order chi connectivity index (χ0) is 5.11. The van der Waals surface area contributed by atoms with E-state index in [0.717, 1.165) is 6.42 Å². The van der Waals surface area contributed by atoms with Gasteiger partial charge in [0.2, 0.25) is 0 Å². The first-order valence-corrected chi connectivity index (χ1v) is 3.46. The largest absolute Gasteiger partial charge is 0.279 e. The van der Waals surface area contributed by atoms with Gasteiger partial charge < -0.3 is 0 Å². The lowest BCUT2D eigenvalue weighted by Crippen LogP contribution is -1.93. The van der Waals surface area contributed by atoms with Gasteiger partial charge in [0.15, 0.2) is 0 Å². The molecule has 0 unspecified atom stereocenters. The maximum absolute atomic E-state index is 4.10. The Morgan fingerprint density at radius 1 is 1.71 bits per heavy atom. The van der Waals surface area contributed by atoms with E-state index in [4.69, 9.17) is 0 Å². The molecule has 0 saturated carbocycles. The van der Waals surface area contributed by atoms with Gasteiger partial charge in [-0.1, -0.05) is 28.7 Å². The van der Waals surface area contributed by atoms with Gasteiger partial charge in [0.05, 0.1) is 0 Å². The van der Waals surface area contributed by atoms with Crippen LogP contribution in [0.25, 0.3) is 0 Å². The Morgan fingerprint density at radius 3 is 2.86 bits per heavy atom. The Hall–Kier alpha value is 0.140. The molecule has 1 heterocycles. The zero-order valence-corrected chi connectivity index (χ0v) is 6.00. The summed E-state index contributed by atoms with van der Waals surface area (Å²) in [4.78, 5) is 4.10. The number of alkyl halides is 1. The third kappa shape index (κ3) is 1.59. The molecule has 0 aromatic heterocycles. The summed E-state index contributed by atoms with van der Waals surface area (Å²) in [5.41, 5.74) is 0. The average Bonchev–Trinajstić information content (AvgIpc) is 1.69. The van der Waals surface area contributed by atoms with Crippen molar-refractivity contribution >= 4 is 28.8 Å². The van der Waals surface area contributed by atoms with Gasteiger partial charge in [-0.15, -0.1) is 0 Å². The number of dihydropyridines is 1. The topological polar surface area (TPSA) is 12.4 Å². The molecule has 1 atom stereocenters. The number of halogens is 1. The number of allylic oxidation sites excluding steroid dienone is 1. The normalized spacial score (nSPS) is 28.4. The van der Waals surface area contributed by atoms with E-state index in [1.165, 1.54) is 0 Å². The first-order valence-electron chi connectivity index (χ1n) is 2.22. The summed E-state index contributed by atoms with van der Waals surface area (Å²) in [6.07, 6.45) is 7.05. The van der Waals surface area contributed by atoms with Crippen molar-refractivity contribution in [2.45, 2.75) is 10.5 Å². The fourth-order valence-electron chi connectivity index (χ4n) is 0.456. The van der Waals surface area contributed by atoms with Crippen LogP contribution in [0, 0.1) is 0 Å². The minimum atomic E-state index is 0.489. The number of aliphatic imine (C=N–C) groups is 1. The van der Waals surface area contributed by atoms with E-state index >= 15 is 0 Å². The van der Waals surface area contributed by atoms with E-state index in [-0.39, 0.29) is 0 Å². The van der Waals surface area contributed by atoms with Crippen LogP contribution in [0.4, 0.5) is 0 Å². The highest BCUT2D eigenvalue weighted by molar-refractivity contribution is 14.1. The van der Waals surface area contributed by atoms with Crippen LogP contribution in [0.15, 0.2) is 17.1 Å². The summed E-state index contributed by atoms with van der Waals surface area (Å²) in [5, 5.41) is 0. The SMILES string of the molecule is I[C@H]1CC=CC=N1. The molecule has 1 rings (SSSR count). The molecule has 0 aromatic carbocycles. The molecule has 0 bridgehead atoms. The van der Waals surface area contributed by atoms with Crippen molar-refractivity contribution in [3.63, 3.8) is 0 Å². The Balaban J connectivity index is 2.49. The fourth-order valence-corrected chi connectivity index (χ4v) is 0.935. The molecule has 38 valence electrons. The summed E-state index contributed by atoms with van der Waals surface area (Å²) in [5.74, 6) is 0. The van der Waals surface area contributed by atoms with Crippen LogP contribution in [0.2, 0.25) is 0 Å². The highest BCUT2D eigenvalue weighted by Crippen LogP contribution is 2.09. The molecule has 1 nitrogen and oxygen atoms in total. The highest BCUT2D eigenvalue weighted by Gasteiger charge is 1.96. The molecule has 1 aliphatic heterocycles. The molecule has 2 heteroatoms. The number of nitrogens with zero attached hydrogens (tertiary/aromatic N) is 1. The van der Waals surface area contributed by atoms with Gasteiger partial charge in [-0.3, -0.25) is 4.99 Å². The van der Waals surface area contributed by atoms with Gasteiger partial charge in [0.1, 0.15) is 4.05 Å². The zero-order valence-electron chi connectivity index (χ0n) is 3.84. The van der Waals surface area contributed by atoms with Crippen LogP contribution in [0.3, 0.4) is 0 Å². The Morgan fingerprint density at radius 2 is 2.57 bits per heavy atom. The maximum Gasteiger partial charge on any atom is 0.104 e. The van der Waals surface area contributed by atoms with Gasteiger partial charge in [0.25, 0.3) is 0 Å². The van der Waals surface area contributed by atoms with E-state index in [9.17, 15) is 0 Å². The third-order valence-electron chi connectivity index (χ3n) is 0.801. The predicted octanol–water partition coefficient (Wildman–Crippen LogP) is 1.78.